The van der Waals surface area contributed by atoms with Gasteiger partial charge in [0.25, 0.3) is 11.5 Å². The summed E-state index contributed by atoms with van der Waals surface area (Å²) in [4.78, 5) is 35.2. The third kappa shape index (κ3) is 3.71. The van der Waals surface area contributed by atoms with E-state index in [-0.39, 0.29) is 22.5 Å². The number of carbonyl (C=O) groups is 1. The monoisotopic (exact) mass is 425 g/mol. The molecule has 160 valence electrons. The highest BCUT2D eigenvalue weighted by molar-refractivity contribution is 5.95. The lowest BCUT2D eigenvalue weighted by atomic mass is 10.1. The number of hydrogen-bond acceptors (Lipinski definition) is 4. The van der Waals surface area contributed by atoms with Crippen LogP contribution in [0.25, 0.3) is 16.7 Å². The maximum absolute atomic E-state index is 13.2. The number of pyridine rings is 2. The zero-order valence-corrected chi connectivity index (χ0v) is 18.5. The highest BCUT2D eigenvalue weighted by Crippen LogP contribution is 2.14. The van der Waals surface area contributed by atoms with Gasteiger partial charge in [0.1, 0.15) is 17.4 Å². The number of nitriles is 1. The zero-order valence-electron chi connectivity index (χ0n) is 18.5. The molecule has 0 bridgehead atoms. The van der Waals surface area contributed by atoms with Crippen molar-refractivity contribution in [3.8, 4) is 6.07 Å². The number of aromatic nitrogens is 3. The fraction of sp³-hybridized carbons (Fsp3) is 0.240. The van der Waals surface area contributed by atoms with Gasteiger partial charge >= 0.3 is 0 Å². The van der Waals surface area contributed by atoms with Crippen molar-refractivity contribution in [1.29, 1.82) is 5.26 Å². The van der Waals surface area contributed by atoms with Crippen molar-refractivity contribution in [2.45, 2.75) is 34.2 Å². The second-order valence-electron chi connectivity index (χ2n) is 8.32. The lowest BCUT2D eigenvalue weighted by Gasteiger charge is -2.15. The molecule has 0 aliphatic heterocycles. The van der Waals surface area contributed by atoms with Crippen LogP contribution in [0.15, 0.2) is 58.4 Å². The van der Waals surface area contributed by atoms with Crippen LogP contribution in [-0.4, -0.2) is 19.9 Å². The number of carbonyl (C=O) groups excluding carboxylic acids is 1. The van der Waals surface area contributed by atoms with Gasteiger partial charge in [-0.1, -0.05) is 37.6 Å². The Bertz CT molecular complexity index is 1530. The quantitative estimate of drug-likeness (QED) is 0.469. The molecule has 7 nitrogen and oxygen atoms in total. The predicted molar refractivity (Wildman–Crippen MR) is 122 cm³/mol. The van der Waals surface area contributed by atoms with Gasteiger partial charge in [0.2, 0.25) is 0 Å². The summed E-state index contributed by atoms with van der Waals surface area (Å²) in [6.45, 7) is 8.30. The molecule has 7 heteroatoms. The van der Waals surface area contributed by atoms with Crippen LogP contribution >= 0.6 is 0 Å². The van der Waals surface area contributed by atoms with Gasteiger partial charge in [-0.15, -0.1) is 0 Å². The zero-order chi connectivity index (χ0) is 23.0. The summed E-state index contributed by atoms with van der Waals surface area (Å²) in [5.41, 5.74) is 3.36. The average Bonchev–Trinajstić information content (AvgIpc) is 2.76. The Balaban J connectivity index is 2.12. The summed E-state index contributed by atoms with van der Waals surface area (Å²) < 4.78 is 3.20. The molecular weight excluding hydrogens is 402 g/mol. The number of fused-ring (bicyclic) bond motifs is 2. The number of hydrogen-bond donors (Lipinski definition) is 0. The standard InChI is InChI=1S/C25H23N5O2/c1-15(2)14-30-22(28-24(31)18-9-7-16(3)8-10-18)19(13-26)12-20-23(30)27-21-17(4)6-5-11-29(21)25(20)32/h5-12,15H,14H2,1-4H3. The predicted octanol–water partition coefficient (Wildman–Crippen LogP) is 3.53. The summed E-state index contributed by atoms with van der Waals surface area (Å²) >= 11 is 0. The molecule has 3 heterocycles. The first-order valence-corrected chi connectivity index (χ1v) is 10.4. The van der Waals surface area contributed by atoms with Crippen molar-refractivity contribution in [3.05, 3.63) is 86.8 Å². The van der Waals surface area contributed by atoms with E-state index in [1.54, 1.807) is 29.0 Å². The van der Waals surface area contributed by atoms with Crippen LogP contribution in [0.1, 0.15) is 40.9 Å². The van der Waals surface area contributed by atoms with Crippen LogP contribution in [0.3, 0.4) is 0 Å². The normalized spacial score (nSPS) is 11.9. The van der Waals surface area contributed by atoms with Crippen molar-refractivity contribution in [2.24, 2.45) is 10.9 Å². The molecule has 0 aliphatic carbocycles. The van der Waals surface area contributed by atoms with Crippen LogP contribution in [0.5, 0.6) is 0 Å². The van der Waals surface area contributed by atoms with Crippen LogP contribution in [0.2, 0.25) is 0 Å². The van der Waals surface area contributed by atoms with Gasteiger partial charge in [-0.2, -0.15) is 10.3 Å². The van der Waals surface area contributed by atoms with Gasteiger partial charge in [0.05, 0.1) is 10.9 Å². The molecule has 0 N–H and O–H groups in total. The Morgan fingerprint density at radius 2 is 1.88 bits per heavy atom. The molecular formula is C25H23N5O2. The SMILES string of the molecule is Cc1ccc(C(=O)N=c2c(C#N)cc3c(=O)n4cccc(C)c4nc3n2CC(C)C)cc1. The van der Waals surface area contributed by atoms with E-state index < -0.39 is 5.91 Å². The summed E-state index contributed by atoms with van der Waals surface area (Å²) in [6.07, 6.45) is 1.66. The number of rotatable bonds is 3. The Morgan fingerprint density at radius 1 is 1.16 bits per heavy atom. The molecule has 32 heavy (non-hydrogen) atoms. The summed E-state index contributed by atoms with van der Waals surface area (Å²) in [5, 5.41) is 10.2. The van der Waals surface area contributed by atoms with Gasteiger partial charge in [0.15, 0.2) is 5.49 Å². The van der Waals surface area contributed by atoms with E-state index in [1.165, 1.54) is 10.5 Å². The second-order valence-corrected chi connectivity index (χ2v) is 8.32. The van der Waals surface area contributed by atoms with Crippen LogP contribution in [-0.2, 0) is 6.54 Å². The third-order valence-corrected chi connectivity index (χ3v) is 5.28. The van der Waals surface area contributed by atoms with Crippen molar-refractivity contribution < 1.29 is 4.79 Å². The van der Waals surface area contributed by atoms with E-state index in [0.717, 1.165) is 11.1 Å². The Morgan fingerprint density at radius 3 is 2.53 bits per heavy atom. The van der Waals surface area contributed by atoms with E-state index in [1.807, 2.05) is 45.9 Å². The molecule has 4 rings (SSSR count). The van der Waals surface area contributed by atoms with Gasteiger partial charge < -0.3 is 4.57 Å². The number of amides is 1. The summed E-state index contributed by atoms with van der Waals surface area (Å²) in [5.74, 6) is -0.287. The van der Waals surface area contributed by atoms with Crippen molar-refractivity contribution in [3.63, 3.8) is 0 Å². The van der Waals surface area contributed by atoms with Crippen LogP contribution in [0.4, 0.5) is 0 Å². The van der Waals surface area contributed by atoms with Crippen molar-refractivity contribution in [2.75, 3.05) is 0 Å². The van der Waals surface area contributed by atoms with Crippen molar-refractivity contribution in [1.82, 2.24) is 14.0 Å². The number of nitrogens with zero attached hydrogens (tertiary/aromatic N) is 5. The molecule has 0 saturated heterocycles. The first-order valence-electron chi connectivity index (χ1n) is 10.4. The summed E-state index contributed by atoms with van der Waals surface area (Å²) in [6, 6.07) is 14.4. The Kier molecular flexibility index (Phi) is 5.45. The minimum absolute atomic E-state index is 0.158. The fourth-order valence-electron chi connectivity index (χ4n) is 3.68. The molecule has 0 fully saturated rings. The maximum atomic E-state index is 13.2. The lowest BCUT2D eigenvalue weighted by Crippen LogP contribution is -2.31. The smallest absolute Gasteiger partial charge is 0.278 e. The molecule has 1 amide bonds. The molecule has 0 saturated carbocycles. The molecule has 0 spiro atoms. The molecule has 0 radical (unpaired) electrons. The highest BCUT2D eigenvalue weighted by atomic mass is 16.1. The Hall–Kier alpha value is -4.05. The largest absolute Gasteiger partial charge is 0.309 e. The molecule has 1 aromatic carbocycles. The maximum Gasteiger partial charge on any atom is 0.278 e. The van der Waals surface area contributed by atoms with Gasteiger partial charge in [-0.05, 0) is 49.6 Å². The van der Waals surface area contributed by atoms with Gasteiger partial charge in [0, 0.05) is 18.3 Å². The van der Waals surface area contributed by atoms with Crippen molar-refractivity contribution >= 4 is 22.6 Å². The third-order valence-electron chi connectivity index (χ3n) is 5.28. The highest BCUT2D eigenvalue weighted by Gasteiger charge is 2.16. The fourth-order valence-corrected chi connectivity index (χ4v) is 3.68. The van der Waals surface area contributed by atoms with E-state index in [2.05, 4.69) is 11.1 Å². The molecule has 3 aromatic heterocycles. The Labute approximate surface area is 184 Å². The lowest BCUT2D eigenvalue weighted by molar-refractivity contribution is 0.0997. The molecule has 4 aromatic rings. The van der Waals surface area contributed by atoms with Crippen LogP contribution < -0.4 is 11.0 Å². The first-order chi connectivity index (χ1) is 15.3. The van der Waals surface area contributed by atoms with E-state index in [0.29, 0.717) is 28.8 Å². The molecule has 0 unspecified atom stereocenters. The first kappa shape index (κ1) is 21.2. The minimum atomic E-state index is -0.452. The number of aryl methyl sites for hydroxylation is 2. The van der Waals surface area contributed by atoms with E-state index in [9.17, 15) is 14.9 Å². The van der Waals surface area contributed by atoms with Gasteiger partial charge in [-0.3, -0.25) is 14.0 Å². The van der Waals surface area contributed by atoms with Crippen LogP contribution in [0, 0.1) is 31.1 Å². The van der Waals surface area contributed by atoms with E-state index in [4.69, 9.17) is 4.98 Å². The summed E-state index contributed by atoms with van der Waals surface area (Å²) in [7, 11) is 0. The molecule has 0 atom stereocenters. The minimum Gasteiger partial charge on any atom is -0.309 e. The van der Waals surface area contributed by atoms with Gasteiger partial charge in [-0.25, -0.2) is 4.98 Å². The average molecular weight is 425 g/mol. The molecule has 0 aliphatic rings. The van der Waals surface area contributed by atoms with E-state index >= 15 is 0 Å². The second kappa shape index (κ2) is 8.23. The topological polar surface area (TPSA) is 92.5 Å². The number of benzene rings is 1.